The van der Waals surface area contributed by atoms with Crippen LogP contribution >= 0.6 is 62.6 Å². The molecular formula is C17H19BrN6O5S4. The monoisotopic (exact) mass is 594 g/mol. The summed E-state index contributed by atoms with van der Waals surface area (Å²) < 4.78 is 0.392. The molecule has 0 radical (unpaired) electrons. The summed E-state index contributed by atoms with van der Waals surface area (Å²) in [7, 11) is 0. The summed E-state index contributed by atoms with van der Waals surface area (Å²) in [5, 5.41) is 25.9. The molecule has 7 N–H and O–H groups in total. The zero-order chi connectivity index (χ0) is 24.1. The number of anilines is 1. The van der Waals surface area contributed by atoms with Crippen molar-refractivity contribution in [3.8, 4) is 0 Å². The molecule has 2 amide bonds. The SMILES string of the molecule is NCCSC/C=C\SC1=C(C(=O)O)N2C(=O)C(NC(=O)/C(=N\O)c3nc(N)sc3Br)[C@H]2SC1. The maximum absolute atomic E-state index is 12.8. The number of halogens is 1. The van der Waals surface area contributed by atoms with Crippen LogP contribution in [0.1, 0.15) is 5.69 Å². The lowest BCUT2D eigenvalue weighted by Crippen LogP contribution is -2.71. The van der Waals surface area contributed by atoms with E-state index >= 15 is 0 Å². The third kappa shape index (κ3) is 5.68. The van der Waals surface area contributed by atoms with Crippen molar-refractivity contribution in [1.29, 1.82) is 0 Å². The van der Waals surface area contributed by atoms with Gasteiger partial charge >= 0.3 is 5.97 Å². The van der Waals surface area contributed by atoms with E-state index in [0.717, 1.165) is 22.8 Å². The number of β-lactam (4-membered cyclic amide) rings is 1. The van der Waals surface area contributed by atoms with E-state index < -0.39 is 34.9 Å². The first-order valence-electron chi connectivity index (χ1n) is 9.25. The molecule has 178 valence electrons. The van der Waals surface area contributed by atoms with E-state index in [0.29, 0.717) is 21.0 Å². The number of carbonyl (C=O) groups excluding carboxylic acids is 2. The number of carboxylic acids is 1. The molecule has 2 aliphatic heterocycles. The number of nitrogens with zero attached hydrogens (tertiary/aromatic N) is 3. The fourth-order valence-electron chi connectivity index (χ4n) is 2.96. The van der Waals surface area contributed by atoms with Crippen LogP contribution in [0.3, 0.4) is 0 Å². The second kappa shape index (κ2) is 11.6. The number of oxime groups is 1. The molecule has 11 nitrogen and oxygen atoms in total. The summed E-state index contributed by atoms with van der Waals surface area (Å²) in [6.45, 7) is 0.591. The molecule has 1 aromatic rings. The normalized spacial score (nSPS) is 20.7. The third-order valence-electron chi connectivity index (χ3n) is 4.35. The van der Waals surface area contributed by atoms with Crippen LogP contribution in [0, 0.1) is 0 Å². The Morgan fingerprint density at radius 3 is 2.82 bits per heavy atom. The van der Waals surface area contributed by atoms with Crippen molar-refractivity contribution >= 4 is 91.2 Å². The van der Waals surface area contributed by atoms with Crippen LogP contribution in [0.5, 0.6) is 0 Å². The number of carbonyl (C=O) groups is 3. The molecule has 0 bridgehead atoms. The first-order valence-corrected chi connectivity index (χ1v) is 13.9. The number of hydrogen-bond donors (Lipinski definition) is 5. The molecule has 0 aliphatic carbocycles. The Labute approximate surface area is 213 Å². The molecule has 0 saturated carbocycles. The van der Waals surface area contributed by atoms with Gasteiger partial charge in [0, 0.05) is 28.7 Å². The van der Waals surface area contributed by atoms with E-state index in [4.69, 9.17) is 11.5 Å². The van der Waals surface area contributed by atoms with Gasteiger partial charge in [-0.05, 0) is 21.3 Å². The van der Waals surface area contributed by atoms with Crippen LogP contribution in [0.15, 0.2) is 31.0 Å². The van der Waals surface area contributed by atoms with Gasteiger partial charge in [-0.25, -0.2) is 9.78 Å². The van der Waals surface area contributed by atoms with Crippen molar-refractivity contribution in [1.82, 2.24) is 15.2 Å². The molecule has 1 aromatic heterocycles. The smallest absolute Gasteiger partial charge is 0.353 e. The number of nitrogen functional groups attached to an aromatic ring is 1. The number of nitrogens with one attached hydrogen (secondary N) is 1. The minimum absolute atomic E-state index is 0.0404. The highest BCUT2D eigenvalue weighted by molar-refractivity contribution is 9.11. The van der Waals surface area contributed by atoms with E-state index in [1.54, 1.807) is 17.2 Å². The number of carboxylic acid groups (broad SMARTS) is 1. The van der Waals surface area contributed by atoms with E-state index in [9.17, 15) is 24.7 Å². The number of aromatic nitrogens is 1. The Balaban J connectivity index is 1.70. The maximum Gasteiger partial charge on any atom is 0.353 e. The van der Waals surface area contributed by atoms with Crippen molar-refractivity contribution in [3.05, 3.63) is 31.6 Å². The van der Waals surface area contributed by atoms with Crippen LogP contribution < -0.4 is 16.8 Å². The highest BCUT2D eigenvalue weighted by atomic mass is 79.9. The lowest BCUT2D eigenvalue weighted by Gasteiger charge is -2.49. The topological polar surface area (TPSA) is 184 Å². The second-order valence-electron chi connectivity index (χ2n) is 6.41. The molecule has 33 heavy (non-hydrogen) atoms. The summed E-state index contributed by atoms with van der Waals surface area (Å²) in [6, 6.07) is -0.974. The number of amides is 2. The van der Waals surface area contributed by atoms with Crippen molar-refractivity contribution in [2.75, 3.05) is 29.5 Å². The molecule has 0 aromatic carbocycles. The molecule has 16 heteroatoms. The van der Waals surface area contributed by atoms with Gasteiger partial charge in [-0.1, -0.05) is 34.3 Å². The quantitative estimate of drug-likeness (QED) is 0.0864. The zero-order valence-electron chi connectivity index (χ0n) is 16.8. The molecule has 0 spiro atoms. The Hall–Kier alpha value is -1.72. The van der Waals surface area contributed by atoms with Gasteiger partial charge in [0.2, 0.25) is 0 Å². The van der Waals surface area contributed by atoms with Crippen LogP contribution in [0.4, 0.5) is 5.13 Å². The Morgan fingerprint density at radius 2 is 2.21 bits per heavy atom. The Kier molecular flexibility index (Phi) is 9.11. The van der Waals surface area contributed by atoms with Crippen LogP contribution in [-0.4, -0.2) is 78.9 Å². The number of rotatable bonds is 10. The standard InChI is InChI=1S/C17H19BrN6O5S4/c18-12-8(22-17(20)33-12)9(23-29)13(25)21-10-14(26)24-11(16(27)28)7(6-32-15(10)24)31-4-1-3-30-5-2-19/h1,4,10,15,29H,2-3,5-6,19H2,(H2,20,22)(H,21,25)(H,27,28)/b4-1-,23-9-/t10?,15-/m1/s1. The molecule has 1 fully saturated rings. The Bertz CT molecular complexity index is 1050. The fraction of sp³-hybridized carbons (Fsp3) is 0.353. The summed E-state index contributed by atoms with van der Waals surface area (Å²) in [6.07, 6.45) is 1.91. The molecular weight excluding hydrogens is 576 g/mol. The molecule has 2 atom stereocenters. The van der Waals surface area contributed by atoms with Gasteiger partial charge in [0.05, 0.1) is 0 Å². The predicted molar refractivity (Wildman–Crippen MR) is 135 cm³/mol. The number of hydrogen-bond acceptors (Lipinski definition) is 12. The Morgan fingerprint density at radius 1 is 1.45 bits per heavy atom. The largest absolute Gasteiger partial charge is 0.477 e. The fourth-order valence-corrected chi connectivity index (χ4v) is 7.30. The van der Waals surface area contributed by atoms with Gasteiger partial charge in [-0.3, -0.25) is 14.5 Å². The van der Waals surface area contributed by atoms with E-state index in [2.05, 4.69) is 31.4 Å². The molecule has 1 saturated heterocycles. The lowest BCUT2D eigenvalue weighted by molar-refractivity contribution is -0.150. The van der Waals surface area contributed by atoms with Gasteiger partial charge in [-0.15, -0.1) is 11.8 Å². The minimum Gasteiger partial charge on any atom is -0.477 e. The van der Waals surface area contributed by atoms with Crippen LogP contribution in [0.2, 0.25) is 0 Å². The first kappa shape index (κ1) is 25.9. The number of fused-ring (bicyclic) bond motifs is 1. The van der Waals surface area contributed by atoms with Gasteiger partial charge in [-0.2, -0.15) is 11.8 Å². The summed E-state index contributed by atoms with van der Waals surface area (Å²) in [5.74, 6) is -0.662. The number of thiazole rings is 1. The highest BCUT2D eigenvalue weighted by Crippen LogP contribution is 2.43. The van der Waals surface area contributed by atoms with Gasteiger partial charge in [0.1, 0.15) is 26.6 Å². The van der Waals surface area contributed by atoms with E-state index in [1.165, 1.54) is 28.4 Å². The zero-order valence-corrected chi connectivity index (χ0v) is 21.6. The van der Waals surface area contributed by atoms with Crippen molar-refractivity contribution < 1.29 is 24.7 Å². The number of thioether (sulfide) groups is 3. The van der Waals surface area contributed by atoms with Gasteiger partial charge in [0.25, 0.3) is 11.8 Å². The molecule has 1 unspecified atom stereocenters. The summed E-state index contributed by atoms with van der Waals surface area (Å²) >= 11 is 8.50. The van der Waals surface area contributed by atoms with Gasteiger partial charge in [0.15, 0.2) is 10.8 Å². The number of aliphatic carboxylic acids is 1. The summed E-state index contributed by atoms with van der Waals surface area (Å²) in [5.41, 5.74) is 10.6. The van der Waals surface area contributed by atoms with Crippen LogP contribution in [-0.2, 0) is 14.4 Å². The average molecular weight is 596 g/mol. The summed E-state index contributed by atoms with van der Waals surface area (Å²) in [4.78, 5) is 43.0. The van der Waals surface area contributed by atoms with Crippen molar-refractivity contribution in [3.63, 3.8) is 0 Å². The number of nitrogens with two attached hydrogens (primary N) is 2. The molecule has 3 rings (SSSR count). The average Bonchev–Trinajstić information content (AvgIpc) is 3.11. The van der Waals surface area contributed by atoms with Crippen molar-refractivity contribution in [2.24, 2.45) is 10.9 Å². The highest BCUT2D eigenvalue weighted by Gasteiger charge is 2.54. The van der Waals surface area contributed by atoms with Gasteiger partial charge < -0.3 is 27.1 Å². The second-order valence-corrected chi connectivity index (χ2v) is 12.0. The first-order chi connectivity index (χ1) is 15.8. The minimum atomic E-state index is -1.22. The third-order valence-corrected chi connectivity index (χ3v) is 9.25. The predicted octanol–water partition coefficient (Wildman–Crippen LogP) is 1.30. The lowest BCUT2D eigenvalue weighted by atomic mass is 10.0. The van der Waals surface area contributed by atoms with Crippen molar-refractivity contribution in [2.45, 2.75) is 11.4 Å². The molecule has 2 aliphatic rings. The maximum atomic E-state index is 12.8. The van der Waals surface area contributed by atoms with E-state index in [1.807, 2.05) is 6.08 Å². The molecule has 3 heterocycles. The van der Waals surface area contributed by atoms with Crippen LogP contribution in [0.25, 0.3) is 0 Å². The van der Waals surface area contributed by atoms with E-state index in [-0.39, 0.29) is 16.5 Å².